The second kappa shape index (κ2) is 8.56. The van der Waals surface area contributed by atoms with Gasteiger partial charge < -0.3 is 4.74 Å². The molecule has 1 aromatic heterocycles. The molecule has 4 nitrogen and oxygen atoms in total. The molecule has 0 aliphatic heterocycles. The lowest BCUT2D eigenvalue weighted by Gasteiger charge is -2.30. The minimum Gasteiger partial charge on any atom is -0.466 e. The summed E-state index contributed by atoms with van der Waals surface area (Å²) in [6.07, 6.45) is 3.53. The number of ether oxygens (including phenoxy) is 1. The van der Waals surface area contributed by atoms with E-state index in [0.717, 1.165) is 44.1 Å². The summed E-state index contributed by atoms with van der Waals surface area (Å²) in [6, 6.07) is 12.3. The van der Waals surface area contributed by atoms with Crippen molar-refractivity contribution in [2.75, 3.05) is 6.61 Å². The van der Waals surface area contributed by atoms with Crippen LogP contribution in [0.5, 0.6) is 0 Å². The lowest BCUT2D eigenvalue weighted by molar-refractivity contribution is -0.144. The predicted octanol–water partition coefficient (Wildman–Crippen LogP) is 6.49. The number of fused-ring (bicyclic) bond motifs is 1. The summed E-state index contributed by atoms with van der Waals surface area (Å²) >= 11 is 8.62. The van der Waals surface area contributed by atoms with Crippen LogP contribution in [0.4, 0.5) is 0 Å². The Labute approximate surface area is 189 Å². The van der Waals surface area contributed by atoms with Gasteiger partial charge in [-0.05, 0) is 96.1 Å². The Morgan fingerprint density at radius 2 is 2.07 bits per heavy atom. The highest BCUT2D eigenvalue weighted by atomic mass is 127. The van der Waals surface area contributed by atoms with Gasteiger partial charge in [-0.2, -0.15) is 0 Å². The minimum absolute atomic E-state index is 0.215. The number of hydrogen-bond acceptors (Lipinski definition) is 4. The van der Waals surface area contributed by atoms with Gasteiger partial charge in [-0.25, -0.2) is 9.97 Å². The molecule has 29 heavy (non-hydrogen) atoms. The molecule has 1 atom stereocenters. The van der Waals surface area contributed by atoms with Crippen molar-refractivity contribution in [2.24, 2.45) is 0 Å². The maximum Gasteiger partial charge on any atom is 0.313 e. The van der Waals surface area contributed by atoms with Crippen molar-refractivity contribution in [3.05, 3.63) is 56.4 Å². The number of benzene rings is 2. The standard InChI is InChI=1S/C23H22ClIN2O2/c1-3-29-22(28)13(2)16-8-5-9-17(14-6-4-7-14)20(16)21-18-12-15(25)10-11-19(18)26-23(24)27-21/h5,8-14H,3-4,6-7H2,1-2H3. The van der Waals surface area contributed by atoms with Crippen LogP contribution in [-0.2, 0) is 9.53 Å². The molecule has 3 aromatic rings. The van der Waals surface area contributed by atoms with Gasteiger partial charge in [0, 0.05) is 14.5 Å². The lowest BCUT2D eigenvalue weighted by atomic mass is 9.75. The first-order valence-corrected chi connectivity index (χ1v) is 11.4. The molecular weight excluding hydrogens is 499 g/mol. The highest BCUT2D eigenvalue weighted by Gasteiger charge is 2.29. The van der Waals surface area contributed by atoms with Gasteiger partial charge in [0.25, 0.3) is 0 Å². The number of nitrogens with zero attached hydrogens (tertiary/aromatic N) is 2. The molecule has 0 N–H and O–H groups in total. The predicted molar refractivity (Wildman–Crippen MR) is 124 cm³/mol. The van der Waals surface area contributed by atoms with Crippen molar-refractivity contribution in [1.29, 1.82) is 0 Å². The molecule has 0 radical (unpaired) electrons. The number of hydrogen-bond donors (Lipinski definition) is 0. The zero-order chi connectivity index (χ0) is 20.5. The molecular formula is C23H22ClIN2O2. The fourth-order valence-electron chi connectivity index (χ4n) is 3.94. The van der Waals surface area contributed by atoms with Crippen LogP contribution in [0.2, 0.25) is 5.28 Å². The van der Waals surface area contributed by atoms with Crippen molar-refractivity contribution in [2.45, 2.75) is 44.9 Å². The van der Waals surface area contributed by atoms with E-state index in [9.17, 15) is 4.79 Å². The number of carbonyl (C=O) groups excluding carboxylic acids is 1. The van der Waals surface area contributed by atoms with E-state index >= 15 is 0 Å². The van der Waals surface area contributed by atoms with E-state index in [1.165, 1.54) is 12.0 Å². The van der Waals surface area contributed by atoms with Gasteiger partial charge in [0.1, 0.15) is 0 Å². The summed E-state index contributed by atoms with van der Waals surface area (Å²) in [6.45, 7) is 4.09. The highest BCUT2D eigenvalue weighted by Crippen LogP contribution is 2.45. The quantitative estimate of drug-likeness (QED) is 0.219. The summed E-state index contributed by atoms with van der Waals surface area (Å²) < 4.78 is 6.42. The minimum atomic E-state index is -0.392. The molecule has 0 spiro atoms. The van der Waals surface area contributed by atoms with Crippen molar-refractivity contribution in [3.8, 4) is 11.3 Å². The first kappa shape index (κ1) is 20.5. The summed E-state index contributed by atoms with van der Waals surface area (Å²) in [4.78, 5) is 21.7. The topological polar surface area (TPSA) is 52.1 Å². The molecule has 1 unspecified atom stereocenters. The van der Waals surface area contributed by atoms with E-state index in [1.807, 2.05) is 38.1 Å². The Balaban J connectivity index is 2.00. The lowest BCUT2D eigenvalue weighted by Crippen LogP contribution is -2.17. The Morgan fingerprint density at radius 1 is 1.28 bits per heavy atom. The summed E-state index contributed by atoms with van der Waals surface area (Å²) in [5.41, 5.74) is 4.78. The molecule has 6 heteroatoms. The molecule has 150 valence electrons. The van der Waals surface area contributed by atoms with E-state index < -0.39 is 5.92 Å². The van der Waals surface area contributed by atoms with Gasteiger partial charge >= 0.3 is 5.97 Å². The number of esters is 1. The number of aromatic nitrogens is 2. The number of halogens is 2. The van der Waals surface area contributed by atoms with Crippen molar-refractivity contribution >= 4 is 51.1 Å². The van der Waals surface area contributed by atoms with Crippen LogP contribution in [0.15, 0.2) is 36.4 Å². The van der Waals surface area contributed by atoms with Crippen LogP contribution in [-0.4, -0.2) is 22.5 Å². The normalized spacial score (nSPS) is 15.2. The van der Waals surface area contributed by atoms with Crippen molar-refractivity contribution < 1.29 is 9.53 Å². The van der Waals surface area contributed by atoms with Crippen LogP contribution in [0.3, 0.4) is 0 Å². The average molecular weight is 521 g/mol. The molecule has 2 aromatic carbocycles. The maximum absolute atomic E-state index is 12.6. The van der Waals surface area contributed by atoms with Crippen LogP contribution in [0, 0.1) is 3.57 Å². The summed E-state index contributed by atoms with van der Waals surface area (Å²) in [5, 5.41) is 1.16. The third kappa shape index (κ3) is 3.99. The van der Waals surface area contributed by atoms with E-state index in [2.05, 4.69) is 44.7 Å². The second-order valence-electron chi connectivity index (χ2n) is 7.42. The van der Waals surface area contributed by atoms with E-state index in [0.29, 0.717) is 12.5 Å². The van der Waals surface area contributed by atoms with Gasteiger partial charge in [0.2, 0.25) is 5.28 Å². The van der Waals surface area contributed by atoms with Gasteiger partial charge in [-0.1, -0.05) is 24.6 Å². The van der Waals surface area contributed by atoms with Crippen molar-refractivity contribution in [3.63, 3.8) is 0 Å². The first-order chi connectivity index (χ1) is 14.0. The first-order valence-electron chi connectivity index (χ1n) is 9.92. The van der Waals surface area contributed by atoms with Crippen LogP contribution in [0.1, 0.15) is 56.1 Å². The maximum atomic E-state index is 12.6. The zero-order valence-electron chi connectivity index (χ0n) is 16.4. The Hall–Kier alpha value is -1.73. The van der Waals surface area contributed by atoms with E-state index in [1.54, 1.807) is 0 Å². The molecule has 1 aliphatic carbocycles. The Kier molecular flexibility index (Phi) is 6.06. The van der Waals surface area contributed by atoms with Crippen LogP contribution in [0.25, 0.3) is 22.2 Å². The fourth-order valence-corrected chi connectivity index (χ4v) is 4.61. The van der Waals surface area contributed by atoms with Crippen molar-refractivity contribution in [1.82, 2.24) is 9.97 Å². The molecule has 1 saturated carbocycles. The fraction of sp³-hybridized carbons (Fsp3) is 0.348. The van der Waals surface area contributed by atoms with Crippen LogP contribution >= 0.6 is 34.2 Å². The molecule has 1 aliphatic rings. The summed E-state index contributed by atoms with van der Waals surface area (Å²) in [7, 11) is 0. The van der Waals surface area contributed by atoms with Gasteiger partial charge in [-0.15, -0.1) is 0 Å². The smallest absolute Gasteiger partial charge is 0.313 e. The number of rotatable bonds is 5. The van der Waals surface area contributed by atoms with E-state index in [4.69, 9.17) is 16.3 Å². The molecule has 1 fully saturated rings. The highest BCUT2D eigenvalue weighted by molar-refractivity contribution is 14.1. The van der Waals surface area contributed by atoms with Gasteiger partial charge in [0.05, 0.1) is 23.7 Å². The summed E-state index contributed by atoms with van der Waals surface area (Å²) in [5.74, 6) is -0.138. The van der Waals surface area contributed by atoms with Crippen LogP contribution < -0.4 is 0 Å². The van der Waals surface area contributed by atoms with Gasteiger partial charge in [-0.3, -0.25) is 4.79 Å². The second-order valence-corrected chi connectivity index (χ2v) is 9.00. The average Bonchev–Trinajstić information content (AvgIpc) is 2.66. The molecule has 1 heterocycles. The third-order valence-corrected chi connectivity index (χ3v) is 6.49. The third-order valence-electron chi connectivity index (χ3n) is 5.65. The Morgan fingerprint density at radius 3 is 2.76 bits per heavy atom. The monoisotopic (exact) mass is 520 g/mol. The molecule has 0 bridgehead atoms. The van der Waals surface area contributed by atoms with E-state index in [-0.39, 0.29) is 11.3 Å². The zero-order valence-corrected chi connectivity index (χ0v) is 19.3. The molecule has 4 rings (SSSR count). The Bertz CT molecular complexity index is 1080. The molecule has 0 saturated heterocycles. The molecule has 0 amide bonds. The number of carbonyl (C=O) groups is 1. The SMILES string of the molecule is CCOC(=O)C(C)c1cccc(C2CCC2)c1-c1nc(Cl)nc2ccc(I)cc12. The van der Waals surface area contributed by atoms with Gasteiger partial charge in [0.15, 0.2) is 0 Å². The largest absolute Gasteiger partial charge is 0.466 e.